The Morgan fingerprint density at radius 3 is 2.30 bits per heavy atom. The predicted octanol–water partition coefficient (Wildman–Crippen LogP) is 3.49. The summed E-state index contributed by atoms with van der Waals surface area (Å²) in [5.74, 6) is 0.230. The van der Waals surface area contributed by atoms with Gasteiger partial charge in [-0.05, 0) is 57.4 Å². The normalized spacial score (nSPS) is 25.4. The van der Waals surface area contributed by atoms with Crippen molar-refractivity contribution in [2.75, 3.05) is 5.73 Å². The molecular weight excluding hydrogens is 248 g/mol. The van der Waals surface area contributed by atoms with E-state index in [0.717, 1.165) is 12.0 Å². The van der Waals surface area contributed by atoms with Gasteiger partial charge in [-0.25, -0.2) is 0 Å². The number of hydrogen-bond acceptors (Lipinski definition) is 3. The van der Waals surface area contributed by atoms with E-state index in [-0.39, 0.29) is 11.8 Å². The number of piperidine rings is 1. The number of anilines is 1. The van der Waals surface area contributed by atoms with Crippen molar-refractivity contribution < 1.29 is 4.79 Å². The van der Waals surface area contributed by atoms with E-state index in [2.05, 4.69) is 25.7 Å². The molecule has 3 heteroatoms. The maximum absolute atomic E-state index is 12.8. The first-order chi connectivity index (χ1) is 9.54. The van der Waals surface area contributed by atoms with Gasteiger partial charge in [-0.3, -0.25) is 9.69 Å². The Morgan fingerprint density at radius 2 is 1.80 bits per heavy atom. The Hall–Kier alpha value is -1.35. The molecule has 1 aliphatic heterocycles. The van der Waals surface area contributed by atoms with Gasteiger partial charge in [0.15, 0.2) is 5.78 Å². The van der Waals surface area contributed by atoms with Crippen LogP contribution < -0.4 is 5.73 Å². The summed E-state index contributed by atoms with van der Waals surface area (Å²) >= 11 is 0. The molecule has 1 aromatic carbocycles. The lowest BCUT2D eigenvalue weighted by Crippen LogP contribution is -2.52. The summed E-state index contributed by atoms with van der Waals surface area (Å²) in [7, 11) is 0. The standard InChI is InChI=1S/C17H26N2O/c1-4-16(19-12(2)6-5-7-13(19)3)17(20)14-8-10-15(18)11-9-14/h8-13,16H,4-7,18H2,1-3H3. The molecule has 3 nitrogen and oxygen atoms in total. The molecule has 3 unspecified atom stereocenters. The number of nitrogen functional groups attached to an aromatic ring is 1. The minimum Gasteiger partial charge on any atom is -0.399 e. The average molecular weight is 274 g/mol. The van der Waals surface area contributed by atoms with Gasteiger partial charge in [0.05, 0.1) is 6.04 Å². The quantitative estimate of drug-likeness (QED) is 0.675. The van der Waals surface area contributed by atoms with Crippen LogP contribution in [0.2, 0.25) is 0 Å². The average Bonchev–Trinajstić information content (AvgIpc) is 2.43. The highest BCUT2D eigenvalue weighted by Crippen LogP contribution is 2.27. The van der Waals surface area contributed by atoms with Crippen LogP contribution >= 0.6 is 0 Å². The van der Waals surface area contributed by atoms with Crippen molar-refractivity contribution in [2.24, 2.45) is 0 Å². The number of rotatable bonds is 4. The third-order valence-corrected chi connectivity index (χ3v) is 4.51. The zero-order valence-corrected chi connectivity index (χ0v) is 12.8. The SMILES string of the molecule is CCC(C(=O)c1ccc(N)cc1)N1C(C)CCCC1C. The summed E-state index contributed by atoms with van der Waals surface area (Å²) in [6, 6.07) is 8.28. The molecule has 1 fully saturated rings. The molecule has 3 atom stereocenters. The van der Waals surface area contributed by atoms with Crippen molar-refractivity contribution in [3.8, 4) is 0 Å². The Balaban J connectivity index is 2.22. The van der Waals surface area contributed by atoms with Crippen LogP contribution in [-0.4, -0.2) is 28.8 Å². The zero-order valence-electron chi connectivity index (χ0n) is 12.8. The lowest BCUT2D eigenvalue weighted by molar-refractivity contribution is 0.0432. The van der Waals surface area contributed by atoms with Gasteiger partial charge in [-0.15, -0.1) is 0 Å². The van der Waals surface area contributed by atoms with E-state index in [1.165, 1.54) is 19.3 Å². The van der Waals surface area contributed by atoms with E-state index in [0.29, 0.717) is 17.8 Å². The first-order valence-corrected chi connectivity index (χ1v) is 7.71. The first kappa shape index (κ1) is 15.0. The van der Waals surface area contributed by atoms with Crippen LogP contribution in [0.3, 0.4) is 0 Å². The number of benzene rings is 1. The van der Waals surface area contributed by atoms with Crippen LogP contribution in [0.25, 0.3) is 0 Å². The number of carbonyl (C=O) groups excluding carboxylic acids is 1. The van der Waals surface area contributed by atoms with Crippen LogP contribution in [0.4, 0.5) is 5.69 Å². The van der Waals surface area contributed by atoms with E-state index in [1.807, 2.05) is 24.3 Å². The molecule has 0 bridgehead atoms. The van der Waals surface area contributed by atoms with Crippen molar-refractivity contribution in [3.05, 3.63) is 29.8 Å². The lowest BCUT2D eigenvalue weighted by atomic mass is 9.91. The number of carbonyl (C=O) groups is 1. The molecule has 0 aromatic heterocycles. The van der Waals surface area contributed by atoms with Crippen LogP contribution in [0.15, 0.2) is 24.3 Å². The molecule has 0 radical (unpaired) electrons. The van der Waals surface area contributed by atoms with E-state index >= 15 is 0 Å². The van der Waals surface area contributed by atoms with Crippen LogP contribution in [0.1, 0.15) is 56.8 Å². The van der Waals surface area contributed by atoms with Crippen molar-refractivity contribution in [2.45, 2.75) is 64.6 Å². The highest BCUT2D eigenvalue weighted by molar-refractivity contribution is 6.00. The van der Waals surface area contributed by atoms with Crippen molar-refractivity contribution in [1.82, 2.24) is 4.90 Å². The van der Waals surface area contributed by atoms with Gasteiger partial charge in [-0.1, -0.05) is 13.3 Å². The third-order valence-electron chi connectivity index (χ3n) is 4.51. The Bertz CT molecular complexity index is 445. The highest BCUT2D eigenvalue weighted by atomic mass is 16.1. The molecule has 0 saturated carbocycles. The van der Waals surface area contributed by atoms with Gasteiger partial charge in [0.25, 0.3) is 0 Å². The van der Waals surface area contributed by atoms with Gasteiger partial charge in [0.2, 0.25) is 0 Å². The van der Waals surface area contributed by atoms with E-state index < -0.39 is 0 Å². The Morgan fingerprint density at radius 1 is 1.25 bits per heavy atom. The van der Waals surface area contributed by atoms with Gasteiger partial charge in [-0.2, -0.15) is 0 Å². The van der Waals surface area contributed by atoms with Crippen molar-refractivity contribution in [1.29, 1.82) is 0 Å². The minimum atomic E-state index is -0.0103. The van der Waals surface area contributed by atoms with E-state index in [4.69, 9.17) is 5.73 Å². The highest BCUT2D eigenvalue weighted by Gasteiger charge is 2.34. The number of hydrogen-bond donors (Lipinski definition) is 1. The summed E-state index contributed by atoms with van der Waals surface area (Å²) in [6.07, 6.45) is 4.51. The van der Waals surface area contributed by atoms with E-state index in [9.17, 15) is 4.79 Å². The largest absolute Gasteiger partial charge is 0.399 e. The monoisotopic (exact) mass is 274 g/mol. The second-order valence-electron chi connectivity index (χ2n) is 5.99. The Kier molecular flexibility index (Phi) is 4.81. The fourth-order valence-electron chi connectivity index (χ4n) is 3.43. The minimum absolute atomic E-state index is 0.0103. The Labute approximate surface area is 122 Å². The molecule has 0 aliphatic carbocycles. The third kappa shape index (κ3) is 3.04. The summed E-state index contributed by atoms with van der Waals surface area (Å²) < 4.78 is 0. The molecule has 2 rings (SSSR count). The molecule has 1 aliphatic rings. The number of likely N-dealkylation sites (tertiary alicyclic amines) is 1. The van der Waals surface area contributed by atoms with Gasteiger partial charge >= 0.3 is 0 Å². The predicted molar refractivity (Wildman–Crippen MR) is 83.9 cm³/mol. The molecule has 2 N–H and O–H groups in total. The van der Waals surface area contributed by atoms with Crippen LogP contribution in [0.5, 0.6) is 0 Å². The van der Waals surface area contributed by atoms with Gasteiger partial charge in [0.1, 0.15) is 0 Å². The van der Waals surface area contributed by atoms with Crippen LogP contribution in [-0.2, 0) is 0 Å². The van der Waals surface area contributed by atoms with E-state index in [1.54, 1.807) is 0 Å². The smallest absolute Gasteiger partial charge is 0.179 e. The van der Waals surface area contributed by atoms with Crippen molar-refractivity contribution >= 4 is 11.5 Å². The summed E-state index contributed by atoms with van der Waals surface area (Å²) in [5, 5.41) is 0. The molecular formula is C17H26N2O. The topological polar surface area (TPSA) is 46.3 Å². The molecule has 0 amide bonds. The number of ketones is 1. The summed E-state index contributed by atoms with van der Waals surface area (Å²) in [5.41, 5.74) is 7.18. The summed E-state index contributed by atoms with van der Waals surface area (Å²) in [6.45, 7) is 6.59. The maximum Gasteiger partial charge on any atom is 0.179 e. The van der Waals surface area contributed by atoms with Crippen LogP contribution in [0, 0.1) is 0 Å². The lowest BCUT2D eigenvalue weighted by Gasteiger charge is -2.43. The molecule has 1 heterocycles. The number of nitrogens with two attached hydrogens (primary N) is 1. The van der Waals surface area contributed by atoms with Gasteiger partial charge < -0.3 is 5.73 Å². The van der Waals surface area contributed by atoms with Crippen molar-refractivity contribution in [3.63, 3.8) is 0 Å². The molecule has 1 saturated heterocycles. The number of nitrogens with zero attached hydrogens (tertiary/aromatic N) is 1. The molecule has 20 heavy (non-hydrogen) atoms. The van der Waals surface area contributed by atoms with Gasteiger partial charge in [0, 0.05) is 23.3 Å². The maximum atomic E-state index is 12.8. The summed E-state index contributed by atoms with van der Waals surface area (Å²) in [4.78, 5) is 15.2. The molecule has 0 spiro atoms. The zero-order chi connectivity index (χ0) is 14.7. The number of Topliss-reactive ketones (excluding diaryl/α,β-unsaturated/α-hetero) is 1. The fraction of sp³-hybridized carbons (Fsp3) is 0.588. The fourth-order valence-corrected chi connectivity index (χ4v) is 3.43. The second kappa shape index (κ2) is 6.40. The molecule has 110 valence electrons. The first-order valence-electron chi connectivity index (χ1n) is 7.71. The molecule has 1 aromatic rings. The second-order valence-corrected chi connectivity index (χ2v) is 5.99.